The average Bonchev–Trinajstić information content (AvgIpc) is 2.56. The molecule has 0 aliphatic rings. The minimum atomic E-state index is -3.95. The molecule has 0 atom stereocenters. The third kappa shape index (κ3) is 3.92. The van der Waals surface area contributed by atoms with Crippen LogP contribution in [0.3, 0.4) is 0 Å². The van der Waals surface area contributed by atoms with Crippen molar-refractivity contribution in [3.8, 4) is 17.2 Å². The van der Waals surface area contributed by atoms with E-state index in [4.69, 9.17) is 9.47 Å². The molecule has 2 N–H and O–H groups in total. The van der Waals surface area contributed by atoms with Crippen molar-refractivity contribution in [2.45, 2.75) is 4.90 Å². The molecule has 0 amide bonds. The highest BCUT2D eigenvalue weighted by Gasteiger charge is 2.20. The standard InChI is InChI=1S/C15H16N2O5S/c1-21-12-7-8-14(22-2)15(9-12)23(19,20)17-16-10-11-5-3-4-6-13(11)18/h3-10,17-18H,1-2H3. The van der Waals surface area contributed by atoms with E-state index in [-0.39, 0.29) is 16.4 Å². The van der Waals surface area contributed by atoms with Crippen LogP contribution < -0.4 is 14.3 Å². The number of hydrazone groups is 1. The topological polar surface area (TPSA) is 97.2 Å². The largest absolute Gasteiger partial charge is 0.507 e. The van der Waals surface area contributed by atoms with Crippen LogP contribution in [0, 0.1) is 0 Å². The lowest BCUT2D eigenvalue weighted by Gasteiger charge is -2.10. The van der Waals surface area contributed by atoms with Crippen molar-refractivity contribution < 1.29 is 23.0 Å². The van der Waals surface area contributed by atoms with Gasteiger partial charge in [-0.3, -0.25) is 0 Å². The molecule has 0 radical (unpaired) electrons. The third-order valence-electron chi connectivity index (χ3n) is 2.97. The average molecular weight is 336 g/mol. The van der Waals surface area contributed by atoms with Gasteiger partial charge in [0.2, 0.25) is 0 Å². The molecule has 0 aromatic heterocycles. The number of nitrogens with zero attached hydrogens (tertiary/aromatic N) is 1. The third-order valence-corrected chi connectivity index (χ3v) is 4.22. The summed E-state index contributed by atoms with van der Waals surface area (Å²) in [5.41, 5.74) is 0.382. The van der Waals surface area contributed by atoms with E-state index >= 15 is 0 Å². The number of hydrogen-bond acceptors (Lipinski definition) is 6. The molecule has 0 fully saturated rings. The maximum Gasteiger partial charge on any atom is 0.280 e. The van der Waals surface area contributed by atoms with Crippen LogP contribution in [0.25, 0.3) is 0 Å². The SMILES string of the molecule is COc1ccc(OC)c(S(=O)(=O)NN=Cc2ccccc2O)c1. The van der Waals surface area contributed by atoms with Gasteiger partial charge in [-0.25, -0.2) is 0 Å². The number of benzene rings is 2. The molecule has 122 valence electrons. The summed E-state index contributed by atoms with van der Waals surface area (Å²) in [6.07, 6.45) is 1.21. The maximum atomic E-state index is 12.3. The highest BCUT2D eigenvalue weighted by Crippen LogP contribution is 2.27. The predicted octanol–water partition coefficient (Wildman–Crippen LogP) is 1.72. The smallest absolute Gasteiger partial charge is 0.280 e. The number of phenolic OH excluding ortho intramolecular Hbond substituents is 1. The highest BCUT2D eigenvalue weighted by atomic mass is 32.2. The Morgan fingerprint density at radius 2 is 1.87 bits per heavy atom. The number of rotatable bonds is 6. The maximum absolute atomic E-state index is 12.3. The van der Waals surface area contributed by atoms with Crippen molar-refractivity contribution in [2.75, 3.05) is 14.2 Å². The van der Waals surface area contributed by atoms with Crippen molar-refractivity contribution in [3.05, 3.63) is 48.0 Å². The second-order valence-corrected chi connectivity index (χ2v) is 6.06. The van der Waals surface area contributed by atoms with E-state index < -0.39 is 10.0 Å². The monoisotopic (exact) mass is 336 g/mol. The van der Waals surface area contributed by atoms with Gasteiger partial charge in [0, 0.05) is 11.6 Å². The molecule has 2 aromatic carbocycles. The summed E-state index contributed by atoms with van der Waals surface area (Å²) in [5, 5.41) is 13.3. The van der Waals surface area contributed by atoms with Crippen molar-refractivity contribution in [3.63, 3.8) is 0 Å². The Hall–Kier alpha value is -2.74. The van der Waals surface area contributed by atoms with Crippen LogP contribution in [0.2, 0.25) is 0 Å². The van der Waals surface area contributed by atoms with Gasteiger partial charge in [0.1, 0.15) is 22.1 Å². The Balaban J connectivity index is 2.27. The minimum absolute atomic E-state index is 0.00518. The van der Waals surface area contributed by atoms with Gasteiger partial charge in [-0.1, -0.05) is 12.1 Å². The lowest BCUT2D eigenvalue weighted by molar-refractivity contribution is 0.392. The summed E-state index contributed by atoms with van der Waals surface area (Å²) in [6, 6.07) is 10.8. The zero-order valence-corrected chi connectivity index (χ0v) is 13.4. The summed E-state index contributed by atoms with van der Waals surface area (Å²) in [4.78, 5) is 1.97. The Labute approximate surface area is 134 Å². The van der Waals surface area contributed by atoms with Crippen LogP contribution in [0.15, 0.2) is 52.5 Å². The molecule has 7 nitrogen and oxygen atoms in total. The molecule has 0 unspecified atom stereocenters. The molecule has 0 aliphatic heterocycles. The van der Waals surface area contributed by atoms with E-state index in [0.29, 0.717) is 11.3 Å². The number of ether oxygens (including phenoxy) is 2. The fourth-order valence-electron chi connectivity index (χ4n) is 1.81. The van der Waals surface area contributed by atoms with Crippen LogP contribution in [0.1, 0.15) is 5.56 Å². The molecule has 0 aliphatic carbocycles. The second kappa shape index (κ2) is 7.01. The van der Waals surface area contributed by atoms with Crippen molar-refractivity contribution in [1.29, 1.82) is 0 Å². The highest BCUT2D eigenvalue weighted by molar-refractivity contribution is 7.89. The van der Waals surface area contributed by atoms with Gasteiger partial charge < -0.3 is 14.6 Å². The molecular formula is C15H16N2O5S. The summed E-state index contributed by atoms with van der Waals surface area (Å²) < 4.78 is 34.7. The molecular weight excluding hydrogens is 320 g/mol. The van der Waals surface area contributed by atoms with Gasteiger partial charge in [0.25, 0.3) is 10.0 Å². The lowest BCUT2D eigenvalue weighted by Crippen LogP contribution is -2.19. The number of phenols is 1. The van der Waals surface area contributed by atoms with E-state index in [2.05, 4.69) is 9.93 Å². The molecule has 0 heterocycles. The van der Waals surface area contributed by atoms with Gasteiger partial charge >= 0.3 is 0 Å². The van der Waals surface area contributed by atoms with E-state index in [0.717, 1.165) is 0 Å². The van der Waals surface area contributed by atoms with Gasteiger partial charge in [0.05, 0.1) is 20.4 Å². The molecule has 2 aromatic rings. The number of aromatic hydroxyl groups is 1. The number of nitrogens with one attached hydrogen (secondary N) is 1. The molecule has 0 spiro atoms. The molecule has 0 saturated carbocycles. The first-order valence-corrected chi connectivity index (χ1v) is 8.01. The van der Waals surface area contributed by atoms with Gasteiger partial charge in [0.15, 0.2) is 0 Å². The minimum Gasteiger partial charge on any atom is -0.507 e. The summed E-state index contributed by atoms with van der Waals surface area (Å²) in [5.74, 6) is 0.529. The quantitative estimate of drug-likeness (QED) is 0.618. The fourth-order valence-corrected chi connectivity index (χ4v) is 2.78. The van der Waals surface area contributed by atoms with Crippen molar-refractivity contribution >= 4 is 16.2 Å². The Morgan fingerprint density at radius 1 is 1.13 bits per heavy atom. The van der Waals surface area contributed by atoms with Crippen LogP contribution in [-0.4, -0.2) is 34.0 Å². The van der Waals surface area contributed by atoms with E-state index in [9.17, 15) is 13.5 Å². The van der Waals surface area contributed by atoms with E-state index in [1.165, 1.54) is 38.6 Å². The van der Waals surface area contributed by atoms with E-state index in [1.54, 1.807) is 24.3 Å². The summed E-state index contributed by atoms with van der Waals surface area (Å²) >= 11 is 0. The van der Waals surface area contributed by atoms with Crippen LogP contribution in [0.4, 0.5) is 0 Å². The fraction of sp³-hybridized carbons (Fsp3) is 0.133. The molecule has 0 saturated heterocycles. The molecule has 0 bridgehead atoms. The molecule has 8 heteroatoms. The number of methoxy groups -OCH3 is 2. The lowest BCUT2D eigenvalue weighted by atomic mass is 10.2. The van der Waals surface area contributed by atoms with Crippen LogP contribution >= 0.6 is 0 Å². The summed E-state index contributed by atoms with van der Waals surface area (Å²) in [6.45, 7) is 0. The van der Waals surface area contributed by atoms with Gasteiger partial charge in [-0.2, -0.15) is 18.4 Å². The first-order valence-electron chi connectivity index (χ1n) is 6.53. The van der Waals surface area contributed by atoms with Crippen molar-refractivity contribution in [1.82, 2.24) is 4.83 Å². The second-order valence-electron chi connectivity index (χ2n) is 4.43. The van der Waals surface area contributed by atoms with E-state index in [1.807, 2.05) is 0 Å². The zero-order chi connectivity index (χ0) is 16.9. The van der Waals surface area contributed by atoms with Crippen LogP contribution in [-0.2, 0) is 10.0 Å². The zero-order valence-electron chi connectivity index (χ0n) is 12.6. The normalized spacial score (nSPS) is 11.4. The predicted molar refractivity (Wildman–Crippen MR) is 85.6 cm³/mol. The first kappa shape index (κ1) is 16.6. The molecule has 2 rings (SSSR count). The van der Waals surface area contributed by atoms with Gasteiger partial charge in [-0.05, 0) is 24.3 Å². The molecule has 23 heavy (non-hydrogen) atoms. The first-order chi connectivity index (χ1) is 11.0. The van der Waals surface area contributed by atoms with Gasteiger partial charge in [-0.15, -0.1) is 0 Å². The number of hydrogen-bond donors (Lipinski definition) is 2. The summed E-state index contributed by atoms with van der Waals surface area (Å²) in [7, 11) is -1.15. The Kier molecular flexibility index (Phi) is 5.07. The number of sulfonamides is 1. The van der Waals surface area contributed by atoms with Crippen molar-refractivity contribution in [2.24, 2.45) is 5.10 Å². The Bertz CT molecular complexity index is 818. The Morgan fingerprint density at radius 3 is 2.52 bits per heavy atom. The van der Waals surface area contributed by atoms with Crippen LogP contribution in [0.5, 0.6) is 17.2 Å². The number of para-hydroxylation sites is 1.